The van der Waals surface area contributed by atoms with Crippen LogP contribution >= 0.6 is 27.3 Å². The van der Waals surface area contributed by atoms with Crippen molar-refractivity contribution >= 4 is 27.3 Å². The molecule has 4 heteroatoms. The van der Waals surface area contributed by atoms with E-state index in [0.717, 1.165) is 20.0 Å². The molecule has 96 valence electrons. The number of rotatable bonds is 4. The van der Waals surface area contributed by atoms with Gasteiger partial charge in [0.1, 0.15) is 11.9 Å². The summed E-state index contributed by atoms with van der Waals surface area (Å²) in [5.74, 6) is 0.893. The molecule has 0 fully saturated rings. The standard InChI is InChI=1S/C14H16BrNOS/c1-9-5-3-4-6-11(9)17-14(10(2)16)12-7-8-13(15)18-12/h3-8,10,14H,16H2,1-2H3. The molecule has 0 saturated heterocycles. The maximum absolute atomic E-state index is 6.07. The van der Waals surface area contributed by atoms with Crippen molar-refractivity contribution in [3.05, 3.63) is 50.6 Å². The molecule has 0 spiro atoms. The Bertz CT molecular complexity index is 524. The van der Waals surface area contributed by atoms with Gasteiger partial charge in [-0.2, -0.15) is 0 Å². The van der Waals surface area contributed by atoms with E-state index in [1.165, 1.54) is 0 Å². The molecule has 2 atom stereocenters. The van der Waals surface area contributed by atoms with Crippen molar-refractivity contribution in [1.82, 2.24) is 0 Å². The smallest absolute Gasteiger partial charge is 0.148 e. The van der Waals surface area contributed by atoms with Gasteiger partial charge in [0.05, 0.1) is 3.79 Å². The Morgan fingerprint density at radius 2 is 1.94 bits per heavy atom. The van der Waals surface area contributed by atoms with Crippen LogP contribution in [0.2, 0.25) is 0 Å². The summed E-state index contributed by atoms with van der Waals surface area (Å²) in [4.78, 5) is 1.14. The Morgan fingerprint density at radius 1 is 1.22 bits per heavy atom. The van der Waals surface area contributed by atoms with Gasteiger partial charge in [-0.1, -0.05) is 18.2 Å². The highest BCUT2D eigenvalue weighted by atomic mass is 79.9. The van der Waals surface area contributed by atoms with Gasteiger partial charge in [-0.05, 0) is 53.5 Å². The molecule has 18 heavy (non-hydrogen) atoms. The molecule has 2 N–H and O–H groups in total. The normalized spacial score (nSPS) is 14.2. The minimum Gasteiger partial charge on any atom is -0.483 e. The second kappa shape index (κ2) is 5.87. The molecule has 2 aromatic rings. The Hall–Kier alpha value is -0.840. The summed E-state index contributed by atoms with van der Waals surface area (Å²) in [7, 11) is 0. The minimum atomic E-state index is -0.109. The number of para-hydroxylation sites is 1. The van der Waals surface area contributed by atoms with E-state index in [9.17, 15) is 0 Å². The summed E-state index contributed by atoms with van der Waals surface area (Å²) in [5.41, 5.74) is 7.17. The fraction of sp³-hybridized carbons (Fsp3) is 0.286. The average molecular weight is 326 g/mol. The number of nitrogens with two attached hydrogens (primary N) is 1. The molecule has 0 aliphatic heterocycles. The number of hydrogen-bond donors (Lipinski definition) is 1. The first-order chi connectivity index (χ1) is 8.58. The van der Waals surface area contributed by atoms with Gasteiger partial charge < -0.3 is 10.5 Å². The predicted molar refractivity (Wildman–Crippen MR) is 80.2 cm³/mol. The second-order valence-corrected chi connectivity index (χ2v) is 6.80. The highest BCUT2D eigenvalue weighted by Crippen LogP contribution is 2.32. The van der Waals surface area contributed by atoms with Gasteiger partial charge in [-0.3, -0.25) is 0 Å². The molecule has 2 nitrogen and oxygen atoms in total. The van der Waals surface area contributed by atoms with Crippen molar-refractivity contribution in [2.24, 2.45) is 5.73 Å². The zero-order chi connectivity index (χ0) is 13.1. The number of benzene rings is 1. The Morgan fingerprint density at radius 3 is 2.50 bits per heavy atom. The third kappa shape index (κ3) is 3.13. The van der Waals surface area contributed by atoms with Crippen LogP contribution in [0.4, 0.5) is 0 Å². The lowest BCUT2D eigenvalue weighted by Gasteiger charge is -2.22. The largest absolute Gasteiger partial charge is 0.483 e. The van der Waals surface area contributed by atoms with Gasteiger partial charge in [0, 0.05) is 10.9 Å². The highest BCUT2D eigenvalue weighted by Gasteiger charge is 2.20. The lowest BCUT2D eigenvalue weighted by molar-refractivity contribution is 0.183. The van der Waals surface area contributed by atoms with Crippen LogP contribution in [-0.2, 0) is 0 Å². The van der Waals surface area contributed by atoms with Gasteiger partial charge in [0.2, 0.25) is 0 Å². The summed E-state index contributed by atoms with van der Waals surface area (Å²) in [6.45, 7) is 4.01. The quantitative estimate of drug-likeness (QED) is 0.910. The maximum atomic E-state index is 6.07. The Labute approximate surface area is 120 Å². The molecule has 1 aromatic heterocycles. The van der Waals surface area contributed by atoms with Crippen molar-refractivity contribution in [3.63, 3.8) is 0 Å². The van der Waals surface area contributed by atoms with Gasteiger partial charge in [-0.15, -0.1) is 11.3 Å². The second-order valence-electron chi connectivity index (χ2n) is 4.30. The van der Waals surface area contributed by atoms with Crippen LogP contribution < -0.4 is 10.5 Å². The maximum Gasteiger partial charge on any atom is 0.148 e. The van der Waals surface area contributed by atoms with Crippen molar-refractivity contribution < 1.29 is 4.74 Å². The van der Waals surface area contributed by atoms with Crippen LogP contribution in [0.25, 0.3) is 0 Å². The van der Waals surface area contributed by atoms with Crippen LogP contribution in [0, 0.1) is 6.92 Å². The summed E-state index contributed by atoms with van der Waals surface area (Å²) >= 11 is 5.13. The van der Waals surface area contributed by atoms with E-state index in [2.05, 4.69) is 22.0 Å². The monoisotopic (exact) mass is 325 g/mol. The van der Waals surface area contributed by atoms with E-state index in [1.807, 2.05) is 44.2 Å². The topological polar surface area (TPSA) is 35.2 Å². The van der Waals surface area contributed by atoms with E-state index in [-0.39, 0.29) is 12.1 Å². The first-order valence-electron chi connectivity index (χ1n) is 5.81. The molecular weight excluding hydrogens is 310 g/mol. The number of halogens is 1. The first kappa shape index (κ1) is 13.6. The lowest BCUT2D eigenvalue weighted by Crippen LogP contribution is -2.28. The molecule has 2 rings (SSSR count). The van der Waals surface area contributed by atoms with Crippen LogP contribution in [0.3, 0.4) is 0 Å². The molecule has 1 aromatic carbocycles. The Balaban J connectivity index is 2.25. The molecule has 0 aliphatic rings. The zero-order valence-electron chi connectivity index (χ0n) is 10.4. The van der Waals surface area contributed by atoms with E-state index in [0.29, 0.717) is 0 Å². The molecule has 0 radical (unpaired) electrons. The molecule has 1 heterocycles. The molecular formula is C14H16BrNOS. The van der Waals surface area contributed by atoms with Crippen molar-refractivity contribution in [2.75, 3.05) is 0 Å². The molecule has 0 saturated carbocycles. The van der Waals surface area contributed by atoms with Gasteiger partial charge >= 0.3 is 0 Å². The van der Waals surface area contributed by atoms with E-state index in [4.69, 9.17) is 10.5 Å². The highest BCUT2D eigenvalue weighted by molar-refractivity contribution is 9.11. The van der Waals surface area contributed by atoms with Gasteiger partial charge in [0.25, 0.3) is 0 Å². The van der Waals surface area contributed by atoms with Crippen molar-refractivity contribution in [3.8, 4) is 5.75 Å². The number of ether oxygens (including phenoxy) is 1. The summed E-state index contributed by atoms with van der Waals surface area (Å²) in [6, 6.07) is 12.0. The molecule has 0 amide bonds. The Kier molecular flexibility index (Phi) is 4.43. The van der Waals surface area contributed by atoms with Crippen LogP contribution in [0.15, 0.2) is 40.2 Å². The minimum absolute atomic E-state index is 0.0600. The molecule has 0 aliphatic carbocycles. The zero-order valence-corrected chi connectivity index (χ0v) is 12.8. The average Bonchev–Trinajstić information content (AvgIpc) is 2.74. The first-order valence-corrected chi connectivity index (χ1v) is 7.42. The third-order valence-electron chi connectivity index (χ3n) is 2.70. The summed E-state index contributed by atoms with van der Waals surface area (Å²) in [5, 5.41) is 0. The van der Waals surface area contributed by atoms with E-state index < -0.39 is 0 Å². The molecule has 2 unspecified atom stereocenters. The van der Waals surface area contributed by atoms with Crippen LogP contribution in [0.1, 0.15) is 23.5 Å². The van der Waals surface area contributed by atoms with E-state index >= 15 is 0 Å². The number of aryl methyl sites for hydroxylation is 1. The van der Waals surface area contributed by atoms with Crippen molar-refractivity contribution in [1.29, 1.82) is 0 Å². The van der Waals surface area contributed by atoms with Gasteiger partial charge in [-0.25, -0.2) is 0 Å². The van der Waals surface area contributed by atoms with Gasteiger partial charge in [0.15, 0.2) is 0 Å². The van der Waals surface area contributed by atoms with Crippen LogP contribution in [-0.4, -0.2) is 6.04 Å². The fourth-order valence-corrected chi connectivity index (χ4v) is 3.30. The fourth-order valence-electron chi connectivity index (χ4n) is 1.73. The number of hydrogen-bond acceptors (Lipinski definition) is 3. The van der Waals surface area contributed by atoms with Crippen molar-refractivity contribution in [2.45, 2.75) is 26.0 Å². The van der Waals surface area contributed by atoms with Crippen LogP contribution in [0.5, 0.6) is 5.75 Å². The summed E-state index contributed by atoms with van der Waals surface area (Å²) in [6.07, 6.45) is -0.109. The SMILES string of the molecule is Cc1ccccc1OC(c1ccc(Br)s1)C(C)N. The summed E-state index contributed by atoms with van der Waals surface area (Å²) < 4.78 is 7.16. The number of thiophene rings is 1. The predicted octanol–water partition coefficient (Wildman–Crippen LogP) is 4.29. The van der Waals surface area contributed by atoms with E-state index in [1.54, 1.807) is 11.3 Å². The third-order valence-corrected chi connectivity index (χ3v) is 4.38. The lowest BCUT2D eigenvalue weighted by atomic mass is 10.1. The molecule has 0 bridgehead atoms.